The lowest BCUT2D eigenvalue weighted by atomic mass is 10.1. The Labute approximate surface area is 209 Å². The van der Waals surface area contributed by atoms with Crippen molar-refractivity contribution in [3.63, 3.8) is 0 Å². The first-order valence-corrected chi connectivity index (χ1v) is 11.7. The summed E-state index contributed by atoms with van der Waals surface area (Å²) in [7, 11) is 0. The zero-order valence-corrected chi connectivity index (χ0v) is 21.5. The fraction of sp³-hybridized carbons (Fsp3) is 0.136. The van der Waals surface area contributed by atoms with E-state index in [1.165, 1.54) is 6.21 Å². The highest BCUT2D eigenvalue weighted by molar-refractivity contribution is 9.11. The number of halogens is 3. The minimum atomic E-state index is -0.427. The van der Waals surface area contributed by atoms with Gasteiger partial charge in [0.1, 0.15) is 17.3 Å². The first kappa shape index (κ1) is 24.2. The number of ether oxygens (including phenoxy) is 2. The van der Waals surface area contributed by atoms with Gasteiger partial charge in [0, 0.05) is 10.0 Å². The number of furan rings is 1. The number of carbonyl (C=O) groups excluding carboxylic acids is 2. The van der Waals surface area contributed by atoms with Gasteiger partial charge in [-0.05, 0) is 75.2 Å². The molecule has 166 valence electrons. The number of rotatable bonds is 8. The lowest BCUT2D eigenvalue weighted by Gasteiger charge is -2.09. The predicted molar refractivity (Wildman–Crippen MR) is 131 cm³/mol. The summed E-state index contributed by atoms with van der Waals surface area (Å²) in [5, 5.41) is 3.89. The van der Waals surface area contributed by atoms with Crippen LogP contribution in [-0.2, 0) is 9.53 Å². The minimum absolute atomic E-state index is 0.216. The SMILES string of the molecule is CCOC(=O)c1ccc(-c2ccc(/C=N/NC(=O)COc3c(Br)cc(Br)cc3Br)o2)cc1. The van der Waals surface area contributed by atoms with Crippen LogP contribution in [0.3, 0.4) is 0 Å². The third kappa shape index (κ3) is 6.54. The van der Waals surface area contributed by atoms with E-state index in [1.54, 1.807) is 43.3 Å². The molecule has 0 fully saturated rings. The van der Waals surface area contributed by atoms with Gasteiger partial charge >= 0.3 is 5.97 Å². The topological polar surface area (TPSA) is 90.1 Å². The first-order valence-electron chi connectivity index (χ1n) is 9.34. The molecule has 2 aromatic carbocycles. The van der Waals surface area contributed by atoms with E-state index < -0.39 is 5.91 Å². The van der Waals surface area contributed by atoms with Crippen LogP contribution in [0.15, 0.2) is 71.5 Å². The summed E-state index contributed by atoms with van der Waals surface area (Å²) in [5.74, 6) is 0.766. The van der Waals surface area contributed by atoms with E-state index in [-0.39, 0.29) is 12.6 Å². The van der Waals surface area contributed by atoms with Crippen LogP contribution >= 0.6 is 47.8 Å². The Morgan fingerprint density at radius 2 is 1.75 bits per heavy atom. The Hall–Kier alpha value is -2.43. The van der Waals surface area contributed by atoms with Crippen molar-refractivity contribution in [3.05, 3.63) is 73.3 Å². The van der Waals surface area contributed by atoms with E-state index in [0.29, 0.717) is 38.4 Å². The molecule has 7 nitrogen and oxygen atoms in total. The smallest absolute Gasteiger partial charge is 0.338 e. The second-order valence-corrected chi connectivity index (χ2v) is 8.90. The highest BCUT2D eigenvalue weighted by atomic mass is 79.9. The van der Waals surface area contributed by atoms with Crippen LogP contribution in [0.1, 0.15) is 23.0 Å². The molecule has 0 aliphatic rings. The molecule has 0 spiro atoms. The van der Waals surface area contributed by atoms with Crippen molar-refractivity contribution in [2.45, 2.75) is 6.92 Å². The van der Waals surface area contributed by atoms with Crippen LogP contribution in [-0.4, -0.2) is 31.3 Å². The maximum Gasteiger partial charge on any atom is 0.338 e. The number of amides is 1. The normalized spacial score (nSPS) is 10.9. The summed E-state index contributed by atoms with van der Waals surface area (Å²) in [6.45, 7) is 1.87. The molecular weight excluding hydrogens is 612 g/mol. The predicted octanol–water partition coefficient (Wildman–Crippen LogP) is 5.94. The Balaban J connectivity index is 1.53. The highest BCUT2D eigenvalue weighted by Crippen LogP contribution is 2.36. The van der Waals surface area contributed by atoms with Gasteiger partial charge < -0.3 is 13.9 Å². The summed E-state index contributed by atoms with van der Waals surface area (Å²) in [6.07, 6.45) is 1.39. The van der Waals surface area contributed by atoms with Crippen molar-refractivity contribution in [1.82, 2.24) is 5.43 Å². The second kappa shape index (κ2) is 11.4. The Kier molecular flexibility index (Phi) is 8.66. The first-order chi connectivity index (χ1) is 15.4. The van der Waals surface area contributed by atoms with E-state index in [2.05, 4.69) is 58.3 Å². The van der Waals surface area contributed by atoms with Crippen LogP contribution in [0.25, 0.3) is 11.3 Å². The molecule has 10 heteroatoms. The maximum atomic E-state index is 12.0. The highest BCUT2D eigenvalue weighted by Gasteiger charge is 2.11. The van der Waals surface area contributed by atoms with E-state index in [4.69, 9.17) is 13.9 Å². The molecule has 3 rings (SSSR count). The molecule has 0 bridgehead atoms. The average Bonchev–Trinajstić information content (AvgIpc) is 3.22. The Bertz CT molecular complexity index is 1120. The summed E-state index contributed by atoms with van der Waals surface area (Å²) in [6, 6.07) is 14.0. The van der Waals surface area contributed by atoms with Gasteiger partial charge in [0.05, 0.1) is 27.3 Å². The maximum absolute atomic E-state index is 12.0. The molecule has 0 unspecified atom stereocenters. The number of hydrogen-bond acceptors (Lipinski definition) is 6. The van der Waals surface area contributed by atoms with E-state index in [9.17, 15) is 9.59 Å². The van der Waals surface area contributed by atoms with Crippen LogP contribution in [0.2, 0.25) is 0 Å². The molecule has 1 amide bonds. The summed E-state index contributed by atoms with van der Waals surface area (Å²) in [5.41, 5.74) is 3.65. The van der Waals surface area contributed by atoms with Gasteiger partial charge in [-0.15, -0.1) is 0 Å². The van der Waals surface area contributed by atoms with Crippen molar-refractivity contribution in [3.8, 4) is 17.1 Å². The van der Waals surface area contributed by atoms with Gasteiger partial charge in [-0.2, -0.15) is 5.10 Å². The molecule has 0 saturated heterocycles. The van der Waals surface area contributed by atoms with Crippen molar-refractivity contribution in [2.75, 3.05) is 13.2 Å². The third-order valence-corrected chi connectivity index (χ3v) is 5.63. The number of esters is 1. The van der Waals surface area contributed by atoms with Gasteiger partial charge in [-0.25, -0.2) is 10.2 Å². The molecule has 1 aromatic heterocycles. The zero-order valence-electron chi connectivity index (χ0n) is 16.7. The number of nitrogens with zero attached hydrogens (tertiary/aromatic N) is 1. The van der Waals surface area contributed by atoms with E-state index >= 15 is 0 Å². The molecule has 0 atom stereocenters. The fourth-order valence-corrected chi connectivity index (χ4v) is 5.05. The monoisotopic (exact) mass is 626 g/mol. The van der Waals surface area contributed by atoms with Gasteiger partial charge in [0.15, 0.2) is 6.61 Å². The van der Waals surface area contributed by atoms with Crippen LogP contribution in [0.5, 0.6) is 5.75 Å². The molecule has 3 aromatic rings. The number of hydrogen-bond donors (Lipinski definition) is 1. The van der Waals surface area contributed by atoms with Crippen molar-refractivity contribution in [2.24, 2.45) is 5.10 Å². The number of carbonyl (C=O) groups is 2. The third-order valence-electron chi connectivity index (χ3n) is 4.00. The molecule has 0 saturated carbocycles. The van der Waals surface area contributed by atoms with Crippen LogP contribution < -0.4 is 10.2 Å². The van der Waals surface area contributed by atoms with Crippen molar-refractivity contribution >= 4 is 65.9 Å². The standard InChI is InChI=1S/C22H17Br3N2O5/c1-2-30-22(29)14-5-3-13(4-6-14)19-8-7-16(32-19)11-26-27-20(28)12-31-21-17(24)9-15(23)10-18(21)25/h3-11H,2,12H2,1H3,(H,27,28)/b26-11+. The molecular formula is C22H17Br3N2O5. The Morgan fingerprint density at radius 1 is 1.06 bits per heavy atom. The zero-order chi connectivity index (χ0) is 23.1. The largest absolute Gasteiger partial charge is 0.481 e. The average molecular weight is 629 g/mol. The number of hydrazone groups is 1. The fourth-order valence-electron chi connectivity index (χ4n) is 2.57. The molecule has 0 aliphatic heterocycles. The molecule has 32 heavy (non-hydrogen) atoms. The molecule has 0 aliphatic carbocycles. The Morgan fingerprint density at radius 3 is 2.41 bits per heavy atom. The lowest BCUT2D eigenvalue weighted by molar-refractivity contribution is -0.123. The molecule has 1 heterocycles. The van der Waals surface area contributed by atoms with E-state index in [1.807, 2.05) is 12.1 Å². The van der Waals surface area contributed by atoms with Crippen molar-refractivity contribution < 1.29 is 23.5 Å². The molecule has 1 N–H and O–H groups in total. The van der Waals surface area contributed by atoms with Gasteiger partial charge in [0.2, 0.25) is 0 Å². The lowest BCUT2D eigenvalue weighted by Crippen LogP contribution is -2.24. The number of benzene rings is 2. The van der Waals surface area contributed by atoms with Gasteiger partial charge in [0.25, 0.3) is 5.91 Å². The summed E-state index contributed by atoms with van der Waals surface area (Å²) >= 11 is 10.2. The summed E-state index contributed by atoms with van der Waals surface area (Å²) < 4.78 is 18.5. The van der Waals surface area contributed by atoms with Gasteiger partial charge in [-0.3, -0.25) is 4.79 Å². The van der Waals surface area contributed by atoms with Crippen molar-refractivity contribution in [1.29, 1.82) is 0 Å². The second-order valence-electron chi connectivity index (χ2n) is 6.28. The minimum Gasteiger partial charge on any atom is -0.481 e. The quantitative estimate of drug-likeness (QED) is 0.189. The summed E-state index contributed by atoms with van der Waals surface area (Å²) in [4.78, 5) is 23.7. The van der Waals surface area contributed by atoms with Gasteiger partial charge in [-0.1, -0.05) is 28.1 Å². The van der Waals surface area contributed by atoms with Crippen LogP contribution in [0, 0.1) is 0 Å². The van der Waals surface area contributed by atoms with E-state index in [0.717, 1.165) is 10.0 Å². The molecule has 0 radical (unpaired) electrons. The van der Waals surface area contributed by atoms with Crippen LogP contribution in [0.4, 0.5) is 0 Å². The number of nitrogens with one attached hydrogen (secondary N) is 1.